The van der Waals surface area contributed by atoms with E-state index in [0.29, 0.717) is 25.3 Å². The van der Waals surface area contributed by atoms with Gasteiger partial charge in [-0.15, -0.1) is 0 Å². The van der Waals surface area contributed by atoms with Crippen LogP contribution in [-0.4, -0.2) is 42.3 Å². The Bertz CT molecular complexity index is 513. The van der Waals surface area contributed by atoms with Gasteiger partial charge in [0.25, 0.3) is 0 Å². The smallest absolute Gasteiger partial charge is 0.410 e. The van der Waals surface area contributed by atoms with Gasteiger partial charge in [0, 0.05) is 25.7 Å². The molecule has 1 atom stereocenters. The van der Waals surface area contributed by atoms with Gasteiger partial charge in [-0.3, -0.25) is 0 Å². The summed E-state index contributed by atoms with van der Waals surface area (Å²) in [6, 6.07) is 6.71. The van der Waals surface area contributed by atoms with Gasteiger partial charge in [0.05, 0.1) is 5.69 Å². The van der Waals surface area contributed by atoms with Crippen molar-refractivity contribution in [3.05, 3.63) is 30.1 Å². The van der Waals surface area contributed by atoms with Crippen LogP contribution in [0, 0.1) is 5.82 Å². The summed E-state index contributed by atoms with van der Waals surface area (Å²) in [5.41, 5.74) is 0.0904. The van der Waals surface area contributed by atoms with Gasteiger partial charge in [-0.25, -0.2) is 9.18 Å². The highest BCUT2D eigenvalue weighted by Crippen LogP contribution is 2.23. The summed E-state index contributed by atoms with van der Waals surface area (Å²) in [5.74, 6) is -0.226. The quantitative estimate of drug-likeness (QED) is 0.797. The van der Waals surface area contributed by atoms with Crippen molar-refractivity contribution < 1.29 is 13.9 Å². The molecule has 116 valence electrons. The van der Waals surface area contributed by atoms with Crippen molar-refractivity contribution >= 4 is 11.8 Å². The van der Waals surface area contributed by atoms with Crippen LogP contribution in [-0.2, 0) is 4.74 Å². The maximum absolute atomic E-state index is 13.8. The number of carbonyl (C=O) groups is 1. The fraction of sp³-hybridized carbons (Fsp3) is 0.562. The number of hydrogen-bond donors (Lipinski definition) is 0. The highest BCUT2D eigenvalue weighted by atomic mass is 19.1. The number of piperazine rings is 1. The van der Waals surface area contributed by atoms with Crippen LogP contribution in [0.4, 0.5) is 14.9 Å². The van der Waals surface area contributed by atoms with Crippen LogP contribution in [0.2, 0.25) is 0 Å². The van der Waals surface area contributed by atoms with Gasteiger partial charge >= 0.3 is 6.09 Å². The molecule has 1 aliphatic rings. The standard InChI is InChI=1S/C16H23FN2O2/c1-12-11-18(14-8-6-5-7-13(14)17)9-10-19(12)15(20)21-16(2,3)4/h5-8,12H,9-11H2,1-4H3. The molecule has 1 fully saturated rings. The van der Waals surface area contributed by atoms with E-state index >= 15 is 0 Å². The molecule has 0 aromatic heterocycles. The van der Waals surface area contributed by atoms with Crippen molar-refractivity contribution in [1.29, 1.82) is 0 Å². The van der Waals surface area contributed by atoms with Gasteiger partial charge in [-0.05, 0) is 39.8 Å². The Labute approximate surface area is 125 Å². The molecule has 1 unspecified atom stereocenters. The van der Waals surface area contributed by atoms with E-state index in [1.54, 1.807) is 17.0 Å². The van der Waals surface area contributed by atoms with Crippen molar-refractivity contribution in [1.82, 2.24) is 4.90 Å². The molecule has 1 aliphatic heterocycles. The van der Waals surface area contributed by atoms with Crippen LogP contribution in [0.25, 0.3) is 0 Å². The molecule has 0 aliphatic carbocycles. The summed E-state index contributed by atoms with van der Waals surface area (Å²) in [6.07, 6.45) is -0.303. The second kappa shape index (κ2) is 5.92. The molecule has 0 spiro atoms. The second-order valence-electron chi connectivity index (χ2n) is 6.42. The van der Waals surface area contributed by atoms with Gasteiger partial charge in [0.15, 0.2) is 0 Å². The van der Waals surface area contributed by atoms with E-state index in [-0.39, 0.29) is 18.0 Å². The molecule has 1 amide bonds. The summed E-state index contributed by atoms with van der Waals surface area (Å²) in [5, 5.41) is 0. The predicted octanol–water partition coefficient (Wildman–Crippen LogP) is 3.27. The topological polar surface area (TPSA) is 32.8 Å². The highest BCUT2D eigenvalue weighted by molar-refractivity contribution is 5.69. The molecule has 5 heteroatoms. The average Bonchev–Trinajstić information content (AvgIpc) is 2.37. The molecule has 1 aromatic rings. The summed E-state index contributed by atoms with van der Waals surface area (Å²) >= 11 is 0. The van der Waals surface area contributed by atoms with Crippen molar-refractivity contribution in [3.8, 4) is 0 Å². The lowest BCUT2D eigenvalue weighted by molar-refractivity contribution is 0.0159. The molecule has 4 nitrogen and oxygen atoms in total. The van der Waals surface area contributed by atoms with Crippen molar-refractivity contribution in [3.63, 3.8) is 0 Å². The number of para-hydroxylation sites is 1. The minimum atomic E-state index is -0.501. The molecule has 0 radical (unpaired) electrons. The molecule has 0 saturated carbocycles. The van der Waals surface area contributed by atoms with Crippen LogP contribution >= 0.6 is 0 Å². The van der Waals surface area contributed by atoms with Crippen molar-refractivity contribution in [2.24, 2.45) is 0 Å². The summed E-state index contributed by atoms with van der Waals surface area (Å²) in [4.78, 5) is 15.8. The van der Waals surface area contributed by atoms with Gasteiger partial charge < -0.3 is 14.5 Å². The largest absolute Gasteiger partial charge is 0.444 e. The Morgan fingerprint density at radius 3 is 2.52 bits per heavy atom. The fourth-order valence-electron chi connectivity index (χ4n) is 2.48. The molecule has 1 saturated heterocycles. The second-order valence-corrected chi connectivity index (χ2v) is 6.42. The molecule has 2 rings (SSSR count). The van der Waals surface area contributed by atoms with Crippen molar-refractivity contribution in [2.75, 3.05) is 24.5 Å². The van der Waals surface area contributed by atoms with E-state index in [9.17, 15) is 9.18 Å². The molecule has 1 aromatic carbocycles. The molecular weight excluding hydrogens is 271 g/mol. The number of anilines is 1. The molecular formula is C16H23FN2O2. The lowest BCUT2D eigenvalue weighted by atomic mass is 10.1. The van der Waals surface area contributed by atoms with Gasteiger partial charge in [-0.1, -0.05) is 12.1 Å². The minimum Gasteiger partial charge on any atom is -0.444 e. The lowest BCUT2D eigenvalue weighted by Gasteiger charge is -2.41. The monoisotopic (exact) mass is 294 g/mol. The number of hydrogen-bond acceptors (Lipinski definition) is 3. The maximum atomic E-state index is 13.8. The molecule has 0 bridgehead atoms. The Balaban J connectivity index is 2.03. The average molecular weight is 294 g/mol. The van der Waals surface area contributed by atoms with Gasteiger partial charge in [0.1, 0.15) is 11.4 Å². The third kappa shape index (κ3) is 3.86. The minimum absolute atomic E-state index is 0.0202. The number of halogens is 1. The Hall–Kier alpha value is -1.78. The molecule has 0 N–H and O–H groups in total. The van der Waals surface area contributed by atoms with E-state index in [4.69, 9.17) is 4.74 Å². The molecule has 1 heterocycles. The SMILES string of the molecule is CC1CN(c2ccccc2F)CCN1C(=O)OC(C)(C)C. The van der Waals surface area contributed by atoms with Crippen LogP contribution < -0.4 is 4.90 Å². The zero-order valence-electron chi connectivity index (χ0n) is 13.1. The Kier molecular flexibility index (Phi) is 4.40. The third-order valence-corrected chi connectivity index (χ3v) is 3.45. The summed E-state index contributed by atoms with van der Waals surface area (Å²) in [6.45, 7) is 9.24. The number of ether oxygens (including phenoxy) is 1. The van der Waals surface area contributed by atoms with E-state index < -0.39 is 5.60 Å². The zero-order chi connectivity index (χ0) is 15.6. The summed E-state index contributed by atoms with van der Waals surface area (Å²) < 4.78 is 19.2. The highest BCUT2D eigenvalue weighted by Gasteiger charge is 2.31. The first kappa shape index (κ1) is 15.6. The van der Waals surface area contributed by atoms with E-state index in [0.717, 1.165) is 0 Å². The fourth-order valence-corrected chi connectivity index (χ4v) is 2.48. The van der Waals surface area contributed by atoms with Crippen LogP contribution in [0.3, 0.4) is 0 Å². The Morgan fingerprint density at radius 2 is 1.95 bits per heavy atom. The number of benzene rings is 1. The van der Waals surface area contributed by atoms with Crippen molar-refractivity contribution in [2.45, 2.75) is 39.3 Å². The number of amides is 1. The first-order chi connectivity index (χ1) is 9.78. The predicted molar refractivity (Wildman–Crippen MR) is 81.0 cm³/mol. The van der Waals surface area contributed by atoms with Crippen LogP contribution in [0.15, 0.2) is 24.3 Å². The molecule has 21 heavy (non-hydrogen) atoms. The third-order valence-electron chi connectivity index (χ3n) is 3.45. The Morgan fingerprint density at radius 1 is 1.29 bits per heavy atom. The van der Waals surface area contributed by atoms with Gasteiger partial charge in [-0.2, -0.15) is 0 Å². The van der Waals surface area contributed by atoms with E-state index in [2.05, 4.69) is 0 Å². The normalized spacial score (nSPS) is 19.6. The first-order valence-electron chi connectivity index (χ1n) is 7.27. The first-order valence-corrected chi connectivity index (χ1v) is 7.27. The number of nitrogens with zero attached hydrogens (tertiary/aromatic N) is 2. The van der Waals surface area contributed by atoms with E-state index in [1.165, 1.54) is 6.07 Å². The van der Waals surface area contributed by atoms with Gasteiger partial charge in [0.2, 0.25) is 0 Å². The zero-order valence-corrected chi connectivity index (χ0v) is 13.1. The van der Waals surface area contributed by atoms with E-state index in [1.807, 2.05) is 38.7 Å². The van der Waals surface area contributed by atoms with Crippen LogP contribution in [0.5, 0.6) is 0 Å². The maximum Gasteiger partial charge on any atom is 0.410 e. The summed E-state index contributed by atoms with van der Waals surface area (Å²) in [7, 11) is 0. The number of carbonyl (C=O) groups excluding carboxylic acids is 1. The van der Waals surface area contributed by atoms with Crippen LogP contribution in [0.1, 0.15) is 27.7 Å². The number of rotatable bonds is 1. The lowest BCUT2D eigenvalue weighted by Crippen LogP contribution is -2.55.